The molecule has 0 amide bonds. The second kappa shape index (κ2) is 7.12. The summed E-state index contributed by atoms with van der Waals surface area (Å²) in [6, 6.07) is 6.53. The van der Waals surface area contributed by atoms with Crippen molar-refractivity contribution in [3.63, 3.8) is 0 Å². The fraction of sp³-hybridized carbons (Fsp3) is 0.167. The monoisotopic (exact) mass is 381 g/mol. The first-order valence-electron chi connectivity index (χ1n) is 8.17. The normalized spacial score (nSPS) is 12.2. The van der Waals surface area contributed by atoms with Crippen molar-refractivity contribution in [1.82, 2.24) is 25.0 Å². The molecule has 0 aromatic carbocycles. The molecule has 4 heterocycles. The van der Waals surface area contributed by atoms with Gasteiger partial charge in [0.1, 0.15) is 17.1 Å². The first-order valence-corrected chi connectivity index (χ1v) is 9.05. The molecule has 4 aromatic rings. The van der Waals surface area contributed by atoms with E-state index in [1.54, 1.807) is 37.6 Å². The molecule has 0 bridgehead atoms. The van der Waals surface area contributed by atoms with Gasteiger partial charge in [0.25, 0.3) is 0 Å². The van der Waals surface area contributed by atoms with Gasteiger partial charge in [-0.15, -0.1) is 16.4 Å². The highest BCUT2D eigenvalue weighted by Crippen LogP contribution is 2.30. The lowest BCUT2D eigenvalue weighted by Gasteiger charge is -2.11. The number of nitrogens with zero attached hydrogens (tertiary/aromatic N) is 5. The van der Waals surface area contributed by atoms with Gasteiger partial charge in [-0.2, -0.15) is 0 Å². The first kappa shape index (κ1) is 17.1. The Morgan fingerprint density at radius 1 is 1.33 bits per heavy atom. The number of aliphatic carboxylic acids is 1. The average molecular weight is 381 g/mol. The van der Waals surface area contributed by atoms with Crippen molar-refractivity contribution >= 4 is 17.3 Å². The van der Waals surface area contributed by atoms with E-state index < -0.39 is 12.0 Å². The standard InChI is InChI=1S/C18H15N5O3S/c1-11-16(20-17(26-11)15-3-2-8-27-15)13-10-23(22-21-13)14(18(24)25)9-12-4-6-19-7-5-12/h2-8,10,14H,9H2,1H3,(H,24,25)/t14-/m0/s1. The summed E-state index contributed by atoms with van der Waals surface area (Å²) in [5, 5.41) is 19.7. The molecule has 0 spiro atoms. The molecule has 0 radical (unpaired) electrons. The van der Waals surface area contributed by atoms with Crippen LogP contribution in [-0.4, -0.2) is 36.0 Å². The molecule has 4 aromatic heterocycles. The number of carboxylic acids is 1. The molecule has 1 atom stereocenters. The third kappa shape index (κ3) is 3.49. The summed E-state index contributed by atoms with van der Waals surface area (Å²) in [5.74, 6) is 0.129. The summed E-state index contributed by atoms with van der Waals surface area (Å²) in [5.41, 5.74) is 1.88. The zero-order chi connectivity index (χ0) is 18.8. The lowest BCUT2D eigenvalue weighted by molar-refractivity contribution is -0.141. The van der Waals surface area contributed by atoms with E-state index in [9.17, 15) is 9.90 Å². The molecule has 0 fully saturated rings. The largest absolute Gasteiger partial charge is 0.480 e. The van der Waals surface area contributed by atoms with E-state index in [2.05, 4.69) is 20.3 Å². The van der Waals surface area contributed by atoms with Crippen molar-refractivity contribution < 1.29 is 14.3 Å². The lowest BCUT2D eigenvalue weighted by Crippen LogP contribution is -2.22. The van der Waals surface area contributed by atoms with Gasteiger partial charge in [0, 0.05) is 18.8 Å². The highest BCUT2D eigenvalue weighted by molar-refractivity contribution is 7.13. The summed E-state index contributed by atoms with van der Waals surface area (Å²) in [6.07, 6.45) is 5.12. The van der Waals surface area contributed by atoms with E-state index in [-0.39, 0.29) is 6.42 Å². The molecule has 0 unspecified atom stereocenters. The van der Waals surface area contributed by atoms with Gasteiger partial charge in [0.15, 0.2) is 6.04 Å². The summed E-state index contributed by atoms with van der Waals surface area (Å²) in [6.45, 7) is 1.80. The minimum absolute atomic E-state index is 0.277. The van der Waals surface area contributed by atoms with Crippen LogP contribution in [0, 0.1) is 6.92 Å². The van der Waals surface area contributed by atoms with Crippen LogP contribution in [0.25, 0.3) is 22.2 Å². The number of aryl methyl sites for hydroxylation is 1. The quantitative estimate of drug-likeness (QED) is 0.546. The average Bonchev–Trinajstić information content (AvgIpc) is 3.40. The number of hydrogen-bond acceptors (Lipinski definition) is 7. The van der Waals surface area contributed by atoms with Crippen LogP contribution in [0.3, 0.4) is 0 Å². The van der Waals surface area contributed by atoms with E-state index in [1.807, 2.05) is 17.5 Å². The number of thiophene rings is 1. The molecular weight excluding hydrogens is 366 g/mol. The third-order valence-corrected chi connectivity index (χ3v) is 4.92. The predicted octanol–water partition coefficient (Wildman–Crippen LogP) is 3.23. The van der Waals surface area contributed by atoms with Gasteiger partial charge in [-0.25, -0.2) is 14.5 Å². The molecule has 1 N–H and O–H groups in total. The van der Waals surface area contributed by atoms with E-state index in [0.717, 1.165) is 10.4 Å². The summed E-state index contributed by atoms with van der Waals surface area (Å²) >= 11 is 1.53. The summed E-state index contributed by atoms with van der Waals surface area (Å²) < 4.78 is 7.07. The first-order chi connectivity index (χ1) is 13.1. The van der Waals surface area contributed by atoms with Crippen LogP contribution >= 0.6 is 11.3 Å². The van der Waals surface area contributed by atoms with Crippen LogP contribution in [0.1, 0.15) is 17.4 Å². The van der Waals surface area contributed by atoms with Gasteiger partial charge in [0.05, 0.1) is 11.1 Å². The molecule has 0 aliphatic carbocycles. The van der Waals surface area contributed by atoms with Gasteiger partial charge in [-0.05, 0) is 36.1 Å². The maximum absolute atomic E-state index is 11.7. The topological polar surface area (TPSA) is 107 Å². The van der Waals surface area contributed by atoms with Crippen molar-refractivity contribution in [2.45, 2.75) is 19.4 Å². The Kier molecular flexibility index (Phi) is 4.51. The van der Waals surface area contributed by atoms with Gasteiger partial charge >= 0.3 is 5.97 Å². The molecule has 0 aliphatic rings. The zero-order valence-electron chi connectivity index (χ0n) is 14.3. The molecule has 0 saturated carbocycles. The minimum atomic E-state index is -0.987. The van der Waals surface area contributed by atoms with Gasteiger partial charge in [-0.3, -0.25) is 4.98 Å². The van der Waals surface area contributed by atoms with Crippen molar-refractivity contribution in [3.8, 4) is 22.2 Å². The second-order valence-electron chi connectivity index (χ2n) is 5.90. The van der Waals surface area contributed by atoms with Gasteiger partial charge in [0.2, 0.25) is 5.89 Å². The number of pyridine rings is 1. The van der Waals surface area contributed by atoms with Crippen LogP contribution in [0.4, 0.5) is 0 Å². The fourth-order valence-corrected chi connectivity index (χ4v) is 3.36. The van der Waals surface area contributed by atoms with E-state index in [0.29, 0.717) is 23.0 Å². The van der Waals surface area contributed by atoms with Crippen molar-refractivity contribution in [2.75, 3.05) is 0 Å². The number of oxazole rings is 1. The fourth-order valence-electron chi connectivity index (χ4n) is 2.71. The van der Waals surface area contributed by atoms with E-state index in [1.165, 1.54) is 16.0 Å². The van der Waals surface area contributed by atoms with Crippen LogP contribution in [-0.2, 0) is 11.2 Å². The second-order valence-corrected chi connectivity index (χ2v) is 6.85. The number of carbonyl (C=O) groups is 1. The van der Waals surface area contributed by atoms with E-state index in [4.69, 9.17) is 4.42 Å². The van der Waals surface area contributed by atoms with Crippen LogP contribution in [0.2, 0.25) is 0 Å². The molecule has 8 nitrogen and oxygen atoms in total. The maximum atomic E-state index is 11.7. The molecule has 9 heteroatoms. The van der Waals surface area contributed by atoms with E-state index >= 15 is 0 Å². The van der Waals surface area contributed by atoms with Crippen molar-refractivity contribution in [3.05, 3.63) is 59.6 Å². The number of hydrogen-bond donors (Lipinski definition) is 1. The van der Waals surface area contributed by atoms with Gasteiger partial charge in [-0.1, -0.05) is 11.3 Å². The predicted molar refractivity (Wildman–Crippen MR) is 98.2 cm³/mol. The summed E-state index contributed by atoms with van der Waals surface area (Å²) in [4.78, 5) is 21.1. The molecule has 0 aliphatic heterocycles. The van der Waals surface area contributed by atoms with Crippen molar-refractivity contribution in [1.29, 1.82) is 0 Å². The Labute approximate surface area is 158 Å². The Morgan fingerprint density at radius 2 is 2.15 bits per heavy atom. The molecule has 0 saturated heterocycles. The molecule has 4 rings (SSSR count). The molecule has 136 valence electrons. The van der Waals surface area contributed by atoms with Gasteiger partial charge < -0.3 is 9.52 Å². The lowest BCUT2D eigenvalue weighted by atomic mass is 10.1. The number of rotatable bonds is 6. The number of carboxylic acid groups (broad SMARTS) is 1. The SMILES string of the molecule is Cc1oc(-c2cccs2)nc1-c1cn([C@@H](Cc2ccncc2)C(=O)O)nn1. The molecule has 27 heavy (non-hydrogen) atoms. The number of aromatic nitrogens is 5. The third-order valence-electron chi connectivity index (χ3n) is 4.06. The Morgan fingerprint density at radius 3 is 2.85 bits per heavy atom. The van der Waals surface area contributed by atoms with Crippen LogP contribution in [0.15, 0.2) is 52.7 Å². The summed E-state index contributed by atoms with van der Waals surface area (Å²) in [7, 11) is 0. The van der Waals surface area contributed by atoms with Crippen molar-refractivity contribution in [2.24, 2.45) is 0 Å². The zero-order valence-corrected chi connectivity index (χ0v) is 15.1. The Bertz CT molecular complexity index is 1060. The highest BCUT2D eigenvalue weighted by Gasteiger charge is 2.24. The Hall–Kier alpha value is -3.33. The highest BCUT2D eigenvalue weighted by atomic mass is 32.1. The maximum Gasteiger partial charge on any atom is 0.328 e. The minimum Gasteiger partial charge on any atom is -0.480 e. The van der Waals surface area contributed by atoms with Crippen LogP contribution < -0.4 is 0 Å². The Balaban J connectivity index is 1.63. The molecular formula is C18H15N5O3S. The smallest absolute Gasteiger partial charge is 0.328 e. The van der Waals surface area contributed by atoms with Crippen LogP contribution in [0.5, 0.6) is 0 Å².